The van der Waals surface area contributed by atoms with E-state index in [0.29, 0.717) is 11.7 Å². The fourth-order valence-electron chi connectivity index (χ4n) is 3.04. The summed E-state index contributed by atoms with van der Waals surface area (Å²) in [4.78, 5) is 12.0. The first-order valence-corrected chi connectivity index (χ1v) is 7.49. The molecule has 2 heteroatoms. The number of Topliss-reactive ketones (excluding diaryl/α,β-unsaturated/α-hetero) is 1. The standard InChI is InChI=1S/C17H23FO/c1-2-3-4-17(19)15-7-5-13(6-8-15)14-9-11-16(18)12-10-14/h9-13,15H,2-8H2,1H3. The van der Waals surface area contributed by atoms with Crippen molar-refractivity contribution < 1.29 is 9.18 Å². The fourth-order valence-corrected chi connectivity index (χ4v) is 3.04. The second kappa shape index (κ2) is 6.83. The molecule has 19 heavy (non-hydrogen) atoms. The average Bonchev–Trinajstić information content (AvgIpc) is 2.46. The maximum atomic E-state index is 12.9. The minimum absolute atomic E-state index is 0.174. The summed E-state index contributed by atoms with van der Waals surface area (Å²) in [5.74, 6) is 1.07. The predicted molar refractivity (Wildman–Crippen MR) is 75.6 cm³/mol. The lowest BCUT2D eigenvalue weighted by Crippen LogP contribution is -2.21. The molecule has 0 atom stereocenters. The molecule has 0 bridgehead atoms. The van der Waals surface area contributed by atoms with E-state index in [4.69, 9.17) is 0 Å². The van der Waals surface area contributed by atoms with Crippen molar-refractivity contribution in [2.45, 2.75) is 57.8 Å². The van der Waals surface area contributed by atoms with E-state index in [1.807, 2.05) is 12.1 Å². The number of halogens is 1. The van der Waals surface area contributed by atoms with Crippen LogP contribution in [0.4, 0.5) is 4.39 Å². The van der Waals surface area contributed by atoms with E-state index >= 15 is 0 Å². The number of carbonyl (C=O) groups excluding carboxylic acids is 1. The van der Waals surface area contributed by atoms with E-state index in [1.54, 1.807) is 0 Å². The van der Waals surface area contributed by atoms with Gasteiger partial charge in [-0.05, 0) is 55.7 Å². The molecule has 2 rings (SSSR count). The maximum absolute atomic E-state index is 12.9. The Bertz CT molecular complexity index is 402. The average molecular weight is 262 g/mol. The molecule has 1 aliphatic carbocycles. The molecule has 0 N–H and O–H groups in total. The van der Waals surface area contributed by atoms with Gasteiger partial charge in [0.1, 0.15) is 11.6 Å². The molecule has 104 valence electrons. The van der Waals surface area contributed by atoms with Gasteiger partial charge in [0.2, 0.25) is 0 Å². The van der Waals surface area contributed by atoms with Gasteiger partial charge in [-0.2, -0.15) is 0 Å². The molecule has 1 fully saturated rings. The lowest BCUT2D eigenvalue weighted by Gasteiger charge is -2.28. The molecular weight excluding hydrogens is 239 g/mol. The van der Waals surface area contributed by atoms with Crippen molar-refractivity contribution in [2.75, 3.05) is 0 Å². The number of hydrogen-bond donors (Lipinski definition) is 0. The van der Waals surface area contributed by atoms with E-state index in [9.17, 15) is 9.18 Å². The van der Waals surface area contributed by atoms with Crippen LogP contribution in [-0.4, -0.2) is 5.78 Å². The number of carbonyl (C=O) groups is 1. The Kier molecular flexibility index (Phi) is 5.12. The van der Waals surface area contributed by atoms with E-state index in [-0.39, 0.29) is 11.7 Å². The molecule has 1 aromatic rings. The molecule has 0 amide bonds. The van der Waals surface area contributed by atoms with Crippen molar-refractivity contribution in [3.63, 3.8) is 0 Å². The summed E-state index contributed by atoms with van der Waals surface area (Å²) in [5, 5.41) is 0. The van der Waals surface area contributed by atoms with E-state index in [2.05, 4.69) is 6.92 Å². The lowest BCUT2D eigenvalue weighted by molar-refractivity contribution is -0.124. The molecular formula is C17H23FO. The number of benzene rings is 1. The molecule has 1 nitrogen and oxygen atoms in total. The Labute approximate surface area is 115 Å². The first-order valence-electron chi connectivity index (χ1n) is 7.49. The van der Waals surface area contributed by atoms with Crippen molar-refractivity contribution in [1.82, 2.24) is 0 Å². The molecule has 1 aliphatic rings. The minimum atomic E-state index is -0.174. The van der Waals surface area contributed by atoms with Crippen molar-refractivity contribution >= 4 is 5.78 Å². The summed E-state index contributed by atoms with van der Waals surface area (Å²) in [6.07, 6.45) is 7.01. The lowest BCUT2D eigenvalue weighted by atomic mass is 9.76. The van der Waals surface area contributed by atoms with Gasteiger partial charge in [-0.1, -0.05) is 25.5 Å². The zero-order chi connectivity index (χ0) is 13.7. The van der Waals surface area contributed by atoms with Crippen LogP contribution in [0, 0.1) is 11.7 Å². The van der Waals surface area contributed by atoms with Crippen LogP contribution in [0.15, 0.2) is 24.3 Å². The first-order chi connectivity index (χ1) is 9.20. The van der Waals surface area contributed by atoms with Gasteiger partial charge < -0.3 is 0 Å². The highest BCUT2D eigenvalue weighted by molar-refractivity contribution is 5.81. The predicted octanol–water partition coefficient (Wildman–Crippen LogP) is 4.86. The zero-order valence-electron chi connectivity index (χ0n) is 11.7. The third-order valence-corrected chi connectivity index (χ3v) is 4.30. The van der Waals surface area contributed by atoms with Crippen molar-refractivity contribution in [3.05, 3.63) is 35.6 Å². The van der Waals surface area contributed by atoms with Crippen molar-refractivity contribution in [3.8, 4) is 0 Å². The third kappa shape index (κ3) is 3.89. The molecule has 0 aliphatic heterocycles. The first kappa shape index (κ1) is 14.2. The Morgan fingerprint density at radius 3 is 2.37 bits per heavy atom. The van der Waals surface area contributed by atoms with E-state index < -0.39 is 0 Å². The molecule has 0 spiro atoms. The molecule has 0 heterocycles. The van der Waals surface area contributed by atoms with Gasteiger partial charge in [0.25, 0.3) is 0 Å². The van der Waals surface area contributed by atoms with Crippen LogP contribution >= 0.6 is 0 Å². The highest BCUT2D eigenvalue weighted by atomic mass is 19.1. The van der Waals surface area contributed by atoms with Crippen molar-refractivity contribution in [1.29, 1.82) is 0 Å². The Morgan fingerprint density at radius 1 is 1.16 bits per heavy atom. The van der Waals surface area contributed by atoms with Gasteiger partial charge in [-0.15, -0.1) is 0 Å². The number of rotatable bonds is 5. The Hall–Kier alpha value is -1.18. The van der Waals surface area contributed by atoms with Gasteiger partial charge in [0.15, 0.2) is 0 Å². The zero-order valence-corrected chi connectivity index (χ0v) is 11.7. The monoisotopic (exact) mass is 262 g/mol. The Balaban J connectivity index is 1.85. The van der Waals surface area contributed by atoms with Crippen LogP contribution in [0.3, 0.4) is 0 Å². The van der Waals surface area contributed by atoms with Crippen LogP contribution < -0.4 is 0 Å². The van der Waals surface area contributed by atoms with Gasteiger partial charge in [-0.3, -0.25) is 4.79 Å². The minimum Gasteiger partial charge on any atom is -0.299 e. The van der Waals surface area contributed by atoms with Crippen molar-refractivity contribution in [2.24, 2.45) is 5.92 Å². The number of ketones is 1. The quantitative estimate of drug-likeness (QED) is 0.740. The topological polar surface area (TPSA) is 17.1 Å². The Morgan fingerprint density at radius 2 is 1.79 bits per heavy atom. The highest BCUT2D eigenvalue weighted by Gasteiger charge is 2.26. The van der Waals surface area contributed by atoms with Crippen LogP contribution in [0.25, 0.3) is 0 Å². The summed E-state index contributed by atoms with van der Waals surface area (Å²) in [6.45, 7) is 2.12. The maximum Gasteiger partial charge on any atom is 0.135 e. The molecule has 0 radical (unpaired) electrons. The molecule has 0 saturated heterocycles. The van der Waals surface area contributed by atoms with Crippen LogP contribution in [0.5, 0.6) is 0 Å². The van der Waals surface area contributed by atoms with Gasteiger partial charge in [-0.25, -0.2) is 4.39 Å². The molecule has 1 aromatic carbocycles. The van der Waals surface area contributed by atoms with Crippen LogP contribution in [-0.2, 0) is 4.79 Å². The second-order valence-corrected chi connectivity index (χ2v) is 5.67. The highest BCUT2D eigenvalue weighted by Crippen LogP contribution is 2.36. The SMILES string of the molecule is CCCCC(=O)C1CCC(c2ccc(F)cc2)CC1. The third-order valence-electron chi connectivity index (χ3n) is 4.30. The largest absolute Gasteiger partial charge is 0.299 e. The van der Waals surface area contributed by atoms with Gasteiger partial charge in [0.05, 0.1) is 0 Å². The molecule has 0 aromatic heterocycles. The van der Waals surface area contributed by atoms with Crippen LogP contribution in [0.2, 0.25) is 0 Å². The summed E-state index contributed by atoms with van der Waals surface area (Å²) >= 11 is 0. The summed E-state index contributed by atoms with van der Waals surface area (Å²) in [7, 11) is 0. The fraction of sp³-hybridized carbons (Fsp3) is 0.588. The summed E-state index contributed by atoms with van der Waals surface area (Å²) in [6, 6.07) is 6.85. The summed E-state index contributed by atoms with van der Waals surface area (Å²) in [5.41, 5.74) is 1.22. The van der Waals surface area contributed by atoms with E-state index in [0.717, 1.165) is 44.9 Å². The smallest absolute Gasteiger partial charge is 0.135 e. The van der Waals surface area contributed by atoms with E-state index in [1.165, 1.54) is 17.7 Å². The second-order valence-electron chi connectivity index (χ2n) is 5.67. The van der Waals surface area contributed by atoms with Gasteiger partial charge >= 0.3 is 0 Å². The number of unbranched alkanes of at least 4 members (excludes halogenated alkanes) is 1. The normalized spacial score (nSPS) is 23.3. The molecule has 0 unspecified atom stereocenters. The van der Waals surface area contributed by atoms with Gasteiger partial charge in [0, 0.05) is 12.3 Å². The number of hydrogen-bond acceptors (Lipinski definition) is 1. The summed E-state index contributed by atoms with van der Waals surface area (Å²) < 4.78 is 12.9. The van der Waals surface area contributed by atoms with Crippen LogP contribution in [0.1, 0.15) is 63.4 Å². The molecule has 1 saturated carbocycles.